The molecule has 0 radical (unpaired) electrons. The molecule has 1 heterocycles. The highest BCUT2D eigenvalue weighted by molar-refractivity contribution is 5.56. The van der Waals surface area contributed by atoms with Gasteiger partial charge in [0, 0.05) is 18.8 Å². The summed E-state index contributed by atoms with van der Waals surface area (Å²) < 4.78 is 0. The summed E-state index contributed by atoms with van der Waals surface area (Å²) in [7, 11) is 0. The molecule has 1 aromatic rings. The lowest BCUT2D eigenvalue weighted by atomic mass is 10.0. The molecule has 1 fully saturated rings. The normalized spacial score (nSPS) is 25.4. The molecule has 3 heteroatoms. The standard InChI is InChI=1S/C13H19NO2/c1-9(2)10-5-3-4-6-11(10)14-7-12(15)13(16)8-14/h3-6,9,12-13,15-16H,7-8H2,1-2H3/t12-,13+. The molecule has 2 atom stereocenters. The van der Waals surface area contributed by atoms with E-state index in [2.05, 4.69) is 30.9 Å². The predicted octanol–water partition coefficient (Wildman–Crippen LogP) is 1.35. The van der Waals surface area contributed by atoms with Crippen molar-refractivity contribution in [1.82, 2.24) is 0 Å². The topological polar surface area (TPSA) is 43.7 Å². The first-order valence-corrected chi connectivity index (χ1v) is 5.79. The maximum atomic E-state index is 9.57. The Kier molecular flexibility index (Phi) is 3.17. The van der Waals surface area contributed by atoms with Crippen LogP contribution >= 0.6 is 0 Å². The highest BCUT2D eigenvalue weighted by Crippen LogP contribution is 2.29. The summed E-state index contributed by atoms with van der Waals surface area (Å²) in [4.78, 5) is 2.06. The van der Waals surface area contributed by atoms with Gasteiger partial charge in [-0.15, -0.1) is 0 Å². The maximum Gasteiger partial charge on any atom is 0.0990 e. The highest BCUT2D eigenvalue weighted by Gasteiger charge is 2.30. The molecule has 1 aliphatic rings. The summed E-state index contributed by atoms with van der Waals surface area (Å²) in [5.41, 5.74) is 2.40. The Morgan fingerprint density at radius 1 is 1.12 bits per heavy atom. The second kappa shape index (κ2) is 4.44. The molecule has 1 saturated heterocycles. The minimum absolute atomic E-state index is 0.450. The lowest BCUT2D eigenvalue weighted by Crippen LogP contribution is -2.22. The number of para-hydroxylation sites is 1. The zero-order chi connectivity index (χ0) is 11.7. The second-order valence-corrected chi connectivity index (χ2v) is 4.75. The highest BCUT2D eigenvalue weighted by atomic mass is 16.3. The average Bonchev–Trinajstić information content (AvgIpc) is 2.59. The summed E-state index contributed by atoms with van der Waals surface area (Å²) >= 11 is 0. The van der Waals surface area contributed by atoms with E-state index in [-0.39, 0.29) is 0 Å². The van der Waals surface area contributed by atoms with Crippen molar-refractivity contribution < 1.29 is 10.2 Å². The van der Waals surface area contributed by atoms with E-state index in [1.165, 1.54) is 5.56 Å². The largest absolute Gasteiger partial charge is 0.389 e. The molecule has 88 valence electrons. The average molecular weight is 221 g/mol. The van der Waals surface area contributed by atoms with Crippen molar-refractivity contribution in [1.29, 1.82) is 0 Å². The third kappa shape index (κ3) is 2.06. The number of rotatable bonds is 2. The fourth-order valence-corrected chi connectivity index (χ4v) is 2.23. The van der Waals surface area contributed by atoms with E-state index < -0.39 is 12.2 Å². The molecule has 0 spiro atoms. The fourth-order valence-electron chi connectivity index (χ4n) is 2.23. The fraction of sp³-hybridized carbons (Fsp3) is 0.538. The lowest BCUT2D eigenvalue weighted by molar-refractivity contribution is 0.0572. The number of benzene rings is 1. The van der Waals surface area contributed by atoms with E-state index in [1.54, 1.807) is 0 Å². The monoisotopic (exact) mass is 221 g/mol. The number of aliphatic hydroxyl groups is 2. The van der Waals surface area contributed by atoms with E-state index in [1.807, 2.05) is 12.1 Å². The number of anilines is 1. The molecule has 0 aromatic heterocycles. The van der Waals surface area contributed by atoms with Crippen molar-refractivity contribution in [2.45, 2.75) is 32.0 Å². The lowest BCUT2D eigenvalue weighted by Gasteiger charge is -2.23. The van der Waals surface area contributed by atoms with Crippen LogP contribution in [0.15, 0.2) is 24.3 Å². The molecular weight excluding hydrogens is 202 g/mol. The van der Waals surface area contributed by atoms with Gasteiger partial charge in [0.2, 0.25) is 0 Å². The van der Waals surface area contributed by atoms with Gasteiger partial charge in [-0.1, -0.05) is 32.0 Å². The molecule has 0 aliphatic carbocycles. The van der Waals surface area contributed by atoms with Crippen molar-refractivity contribution in [3.8, 4) is 0 Å². The Bertz CT molecular complexity index is 355. The van der Waals surface area contributed by atoms with Gasteiger partial charge in [-0.2, -0.15) is 0 Å². The van der Waals surface area contributed by atoms with E-state index in [4.69, 9.17) is 0 Å². The quantitative estimate of drug-likeness (QED) is 0.792. The van der Waals surface area contributed by atoms with Gasteiger partial charge in [-0.25, -0.2) is 0 Å². The van der Waals surface area contributed by atoms with E-state index >= 15 is 0 Å². The first-order chi connectivity index (χ1) is 7.59. The number of aliphatic hydroxyl groups excluding tert-OH is 2. The number of hydrogen-bond acceptors (Lipinski definition) is 3. The molecule has 0 unspecified atom stereocenters. The van der Waals surface area contributed by atoms with Crippen LogP contribution < -0.4 is 4.90 Å². The molecule has 0 amide bonds. The summed E-state index contributed by atoms with van der Waals surface area (Å²) in [6, 6.07) is 8.19. The Morgan fingerprint density at radius 2 is 1.69 bits per heavy atom. The molecule has 3 nitrogen and oxygen atoms in total. The first-order valence-electron chi connectivity index (χ1n) is 5.79. The van der Waals surface area contributed by atoms with Crippen molar-refractivity contribution in [3.05, 3.63) is 29.8 Å². The van der Waals surface area contributed by atoms with Crippen LogP contribution in [0, 0.1) is 0 Å². The van der Waals surface area contributed by atoms with Gasteiger partial charge in [0.05, 0.1) is 12.2 Å². The SMILES string of the molecule is CC(C)c1ccccc1N1C[C@@H](O)[C@@H](O)C1. The van der Waals surface area contributed by atoms with Crippen LogP contribution in [-0.4, -0.2) is 35.5 Å². The molecule has 1 aliphatic heterocycles. The third-order valence-corrected chi connectivity index (χ3v) is 3.16. The third-order valence-electron chi connectivity index (χ3n) is 3.16. The predicted molar refractivity (Wildman–Crippen MR) is 64.8 cm³/mol. The van der Waals surface area contributed by atoms with Crippen molar-refractivity contribution in [2.75, 3.05) is 18.0 Å². The minimum atomic E-state index is -0.625. The van der Waals surface area contributed by atoms with Crippen LogP contribution in [0.2, 0.25) is 0 Å². The van der Waals surface area contributed by atoms with E-state index in [0.29, 0.717) is 19.0 Å². The van der Waals surface area contributed by atoms with Crippen LogP contribution in [0.1, 0.15) is 25.3 Å². The van der Waals surface area contributed by atoms with Crippen molar-refractivity contribution in [3.63, 3.8) is 0 Å². The van der Waals surface area contributed by atoms with Gasteiger partial charge in [0.25, 0.3) is 0 Å². The van der Waals surface area contributed by atoms with Gasteiger partial charge < -0.3 is 15.1 Å². The molecular formula is C13H19NO2. The molecule has 0 saturated carbocycles. The Labute approximate surface area is 96.3 Å². The minimum Gasteiger partial charge on any atom is -0.389 e. The maximum absolute atomic E-state index is 9.57. The van der Waals surface area contributed by atoms with Crippen LogP contribution in [-0.2, 0) is 0 Å². The smallest absolute Gasteiger partial charge is 0.0990 e. The van der Waals surface area contributed by atoms with Gasteiger partial charge in [-0.05, 0) is 17.5 Å². The van der Waals surface area contributed by atoms with Gasteiger partial charge in [0.15, 0.2) is 0 Å². The summed E-state index contributed by atoms with van der Waals surface area (Å²) in [6.07, 6.45) is -1.25. The van der Waals surface area contributed by atoms with Crippen molar-refractivity contribution in [2.24, 2.45) is 0 Å². The van der Waals surface area contributed by atoms with Crippen molar-refractivity contribution >= 4 is 5.69 Å². The van der Waals surface area contributed by atoms with Crippen LogP contribution in [0.25, 0.3) is 0 Å². The Morgan fingerprint density at radius 3 is 2.25 bits per heavy atom. The van der Waals surface area contributed by atoms with E-state index in [9.17, 15) is 10.2 Å². The molecule has 2 rings (SSSR count). The zero-order valence-electron chi connectivity index (χ0n) is 9.80. The molecule has 1 aromatic carbocycles. The Balaban J connectivity index is 2.27. The van der Waals surface area contributed by atoms with Gasteiger partial charge in [0.1, 0.15) is 0 Å². The van der Waals surface area contributed by atoms with Crippen LogP contribution in [0.3, 0.4) is 0 Å². The first kappa shape index (κ1) is 11.4. The number of hydrogen-bond donors (Lipinski definition) is 2. The van der Waals surface area contributed by atoms with Crippen LogP contribution in [0.4, 0.5) is 5.69 Å². The number of nitrogens with zero attached hydrogens (tertiary/aromatic N) is 1. The molecule has 2 N–H and O–H groups in total. The summed E-state index contributed by atoms with van der Waals surface area (Å²) in [6.45, 7) is 5.35. The van der Waals surface area contributed by atoms with E-state index in [0.717, 1.165) is 5.69 Å². The summed E-state index contributed by atoms with van der Waals surface area (Å²) in [5, 5.41) is 19.1. The zero-order valence-corrected chi connectivity index (χ0v) is 9.80. The molecule has 16 heavy (non-hydrogen) atoms. The van der Waals surface area contributed by atoms with Gasteiger partial charge >= 0.3 is 0 Å². The van der Waals surface area contributed by atoms with Crippen LogP contribution in [0.5, 0.6) is 0 Å². The second-order valence-electron chi connectivity index (χ2n) is 4.75. The summed E-state index contributed by atoms with van der Waals surface area (Å²) in [5.74, 6) is 0.450. The Hall–Kier alpha value is -1.06. The number of β-amino-alcohol motifs (C(OH)–C–C–N with tert-alkyl or cyclic N) is 2. The van der Waals surface area contributed by atoms with Gasteiger partial charge in [-0.3, -0.25) is 0 Å². The molecule has 0 bridgehead atoms.